The molecule has 7 unspecified atom stereocenters. The molecule has 9 heteroatoms. The molecule has 1 aliphatic heterocycles. The number of hydrogen-bond donors (Lipinski definition) is 6. The van der Waals surface area contributed by atoms with Gasteiger partial charge < -0.3 is 40.3 Å². The lowest BCUT2D eigenvalue weighted by atomic mass is 9.99. The van der Waals surface area contributed by atoms with Crippen molar-refractivity contribution in [3.63, 3.8) is 0 Å². The highest BCUT2D eigenvalue weighted by Crippen LogP contribution is 2.23. The lowest BCUT2D eigenvalue weighted by Gasteiger charge is -2.40. The van der Waals surface area contributed by atoms with E-state index < -0.39 is 49.5 Å². The van der Waals surface area contributed by atoms with Crippen LogP contribution in [-0.4, -0.2) is 87.5 Å². The number of carbonyl (C=O) groups is 1. The Hall–Kier alpha value is -3.41. The average Bonchev–Trinajstić information content (AvgIpc) is 3.48. The highest BCUT2D eigenvalue weighted by molar-refractivity contribution is 5.76. The zero-order valence-corrected chi connectivity index (χ0v) is 51.7. The van der Waals surface area contributed by atoms with E-state index in [0.717, 1.165) is 83.5 Å². The van der Waals surface area contributed by atoms with Gasteiger partial charge in [-0.25, -0.2) is 0 Å². The molecule has 0 radical (unpaired) electrons. The van der Waals surface area contributed by atoms with Crippen LogP contribution >= 0.6 is 0 Å². The molecule has 1 amide bonds. The van der Waals surface area contributed by atoms with Crippen LogP contribution in [0, 0.1) is 0 Å². The molecule has 1 aliphatic rings. The summed E-state index contributed by atoms with van der Waals surface area (Å²) in [4.78, 5) is 13.1. The summed E-state index contributed by atoms with van der Waals surface area (Å²) in [5.41, 5.74) is 0. The van der Waals surface area contributed by atoms with Gasteiger partial charge in [-0.05, 0) is 96.3 Å². The van der Waals surface area contributed by atoms with Crippen molar-refractivity contribution < 1.29 is 39.8 Å². The molecule has 1 fully saturated rings. The van der Waals surface area contributed by atoms with Crippen LogP contribution in [0.1, 0.15) is 271 Å². The second kappa shape index (κ2) is 59.7. The first-order chi connectivity index (χ1) is 39.8. The van der Waals surface area contributed by atoms with Gasteiger partial charge in [0.2, 0.25) is 5.91 Å². The van der Waals surface area contributed by atoms with Crippen LogP contribution in [0.5, 0.6) is 0 Å². The third-order valence-corrected chi connectivity index (χ3v) is 15.0. The Bertz CT molecular complexity index is 1690. The average molecular weight is 1130 g/mol. The third-order valence-electron chi connectivity index (χ3n) is 15.0. The normalized spacial score (nSPS) is 19.2. The molecule has 81 heavy (non-hydrogen) atoms. The number of amides is 1. The van der Waals surface area contributed by atoms with Crippen molar-refractivity contribution in [3.05, 3.63) is 122 Å². The minimum Gasteiger partial charge on any atom is -0.394 e. The number of ether oxygens (including phenoxy) is 2. The maximum atomic E-state index is 13.1. The van der Waals surface area contributed by atoms with E-state index >= 15 is 0 Å². The SMILES string of the molecule is CC/C=C\C/C=C\C/C=C\C/C=C\C/C=C\C/C=C\C/C=C\C/C=C\CCCCC(=O)NC(COC1OC(CO)C(O)C(O)C1O)C(O)/C=C/CC/C=C/CCCCCCCCCCCCCCCCCCCCCCCCCCC. The second-order valence-corrected chi connectivity index (χ2v) is 22.5. The van der Waals surface area contributed by atoms with Gasteiger partial charge in [0.15, 0.2) is 6.29 Å². The Kier molecular flexibility index (Phi) is 55.8. The molecule has 6 N–H and O–H groups in total. The van der Waals surface area contributed by atoms with Crippen molar-refractivity contribution >= 4 is 5.91 Å². The number of nitrogens with one attached hydrogen (secondary N) is 1. The van der Waals surface area contributed by atoms with Crippen LogP contribution < -0.4 is 5.32 Å². The molecule has 1 heterocycles. The van der Waals surface area contributed by atoms with Crippen molar-refractivity contribution in [1.29, 1.82) is 0 Å². The van der Waals surface area contributed by atoms with E-state index in [-0.39, 0.29) is 18.9 Å². The lowest BCUT2D eigenvalue weighted by Crippen LogP contribution is -2.60. The zero-order valence-electron chi connectivity index (χ0n) is 51.7. The first-order valence-corrected chi connectivity index (χ1v) is 33.3. The fourth-order valence-corrected chi connectivity index (χ4v) is 9.84. The molecule has 1 saturated heterocycles. The van der Waals surface area contributed by atoms with Gasteiger partial charge >= 0.3 is 0 Å². The maximum Gasteiger partial charge on any atom is 0.220 e. The fourth-order valence-electron chi connectivity index (χ4n) is 9.84. The maximum absolute atomic E-state index is 13.1. The molecule has 464 valence electrons. The molecule has 0 aromatic carbocycles. The van der Waals surface area contributed by atoms with Crippen molar-refractivity contribution in [2.75, 3.05) is 13.2 Å². The van der Waals surface area contributed by atoms with Crippen molar-refractivity contribution in [3.8, 4) is 0 Å². The molecule has 0 spiro atoms. The van der Waals surface area contributed by atoms with E-state index in [4.69, 9.17) is 9.47 Å². The van der Waals surface area contributed by atoms with Crippen LogP contribution in [0.4, 0.5) is 0 Å². The highest BCUT2D eigenvalue weighted by atomic mass is 16.7. The number of allylic oxidation sites excluding steroid dienone is 19. The minimum absolute atomic E-state index is 0.226. The summed E-state index contributed by atoms with van der Waals surface area (Å²) in [6.45, 7) is 3.64. The second-order valence-electron chi connectivity index (χ2n) is 22.5. The van der Waals surface area contributed by atoms with Crippen LogP contribution in [0.25, 0.3) is 0 Å². The molecule has 0 aromatic heterocycles. The Balaban J connectivity index is 2.24. The van der Waals surface area contributed by atoms with E-state index in [1.165, 1.54) is 161 Å². The molecular weight excluding hydrogens is 1010 g/mol. The van der Waals surface area contributed by atoms with E-state index in [2.05, 4.69) is 129 Å². The number of hydrogen-bond acceptors (Lipinski definition) is 8. The zero-order chi connectivity index (χ0) is 58.6. The number of rotatable bonds is 56. The van der Waals surface area contributed by atoms with Crippen molar-refractivity contribution in [2.24, 2.45) is 0 Å². The fraction of sp³-hybridized carbons (Fsp3) is 0.708. The van der Waals surface area contributed by atoms with Crippen LogP contribution in [0.3, 0.4) is 0 Å². The Morgan fingerprint density at radius 2 is 0.778 bits per heavy atom. The number of aliphatic hydroxyl groups is 5. The smallest absolute Gasteiger partial charge is 0.220 e. The number of aliphatic hydroxyl groups excluding tert-OH is 5. The lowest BCUT2D eigenvalue weighted by molar-refractivity contribution is -0.302. The van der Waals surface area contributed by atoms with Crippen molar-refractivity contribution in [2.45, 2.75) is 314 Å². The van der Waals surface area contributed by atoms with Crippen LogP contribution in [-0.2, 0) is 14.3 Å². The molecule has 7 atom stereocenters. The standard InChI is InChI=1S/C72H123NO8/c1-3-5-7-9-11-13-15-17-19-21-23-25-27-29-31-32-33-34-36-37-39-41-43-45-47-49-51-53-55-57-59-61-66(75)65(64-80-72-71(79)70(78)69(77)67(63-74)81-72)73-68(76)62-60-58-56-54-52-50-48-46-44-42-40-38-35-30-28-26-24-22-20-18-16-14-12-10-8-6-4-2/h6,8,12,14,18,20,24,26,30,35,40,42,46,48,51-54,59,61,65-67,69-72,74-75,77-79H,3-5,7,9-11,13,15-17,19,21-23,25,27-29,31-34,36-39,41,43-45,47,49-50,55-58,60,62-64H2,1-2H3,(H,73,76)/b8-6-,14-12-,20-18-,26-24-,35-30-,42-40-,48-46-,53-51+,54-52-,61-59+. The molecule has 0 saturated carbocycles. The van der Waals surface area contributed by atoms with Gasteiger partial charge in [-0.15, -0.1) is 0 Å². The van der Waals surface area contributed by atoms with Gasteiger partial charge in [-0.1, -0.05) is 289 Å². The number of unbranched alkanes of at least 4 members (excludes halogenated alkanes) is 28. The van der Waals surface area contributed by atoms with Gasteiger partial charge in [-0.2, -0.15) is 0 Å². The monoisotopic (exact) mass is 1130 g/mol. The summed E-state index contributed by atoms with van der Waals surface area (Å²) in [7, 11) is 0. The summed E-state index contributed by atoms with van der Waals surface area (Å²) >= 11 is 0. The summed E-state index contributed by atoms with van der Waals surface area (Å²) in [5, 5.41) is 54.6. The van der Waals surface area contributed by atoms with Gasteiger partial charge in [0.25, 0.3) is 0 Å². The Morgan fingerprint density at radius 1 is 0.432 bits per heavy atom. The van der Waals surface area contributed by atoms with E-state index in [0.29, 0.717) is 6.42 Å². The molecule has 0 aromatic rings. The summed E-state index contributed by atoms with van der Waals surface area (Å²) in [5.74, 6) is -0.231. The first-order valence-electron chi connectivity index (χ1n) is 33.3. The summed E-state index contributed by atoms with van der Waals surface area (Å²) in [6.07, 6.45) is 83.0. The van der Waals surface area contributed by atoms with Gasteiger partial charge in [0.1, 0.15) is 24.4 Å². The predicted molar refractivity (Wildman–Crippen MR) is 345 cm³/mol. The van der Waals surface area contributed by atoms with Crippen LogP contribution in [0.15, 0.2) is 122 Å². The van der Waals surface area contributed by atoms with E-state index in [1.54, 1.807) is 6.08 Å². The first kappa shape index (κ1) is 75.6. The quantitative estimate of drug-likeness (QED) is 0.0261. The van der Waals surface area contributed by atoms with Gasteiger partial charge in [0.05, 0.1) is 25.4 Å². The minimum atomic E-state index is -1.59. The van der Waals surface area contributed by atoms with Crippen molar-refractivity contribution in [1.82, 2.24) is 5.32 Å². The summed E-state index contributed by atoms with van der Waals surface area (Å²) in [6, 6.07) is -0.857. The van der Waals surface area contributed by atoms with Gasteiger partial charge in [-0.3, -0.25) is 4.79 Å². The number of carbonyl (C=O) groups excluding carboxylic acids is 1. The summed E-state index contributed by atoms with van der Waals surface area (Å²) < 4.78 is 11.3. The molecule has 0 bridgehead atoms. The largest absolute Gasteiger partial charge is 0.394 e. The molecule has 0 aliphatic carbocycles. The highest BCUT2D eigenvalue weighted by Gasteiger charge is 2.44. The molecular formula is C72H123NO8. The molecule has 9 nitrogen and oxygen atoms in total. The van der Waals surface area contributed by atoms with Gasteiger partial charge in [0, 0.05) is 6.42 Å². The Labute approximate surface area is 497 Å². The van der Waals surface area contributed by atoms with E-state index in [9.17, 15) is 30.3 Å². The van der Waals surface area contributed by atoms with Crippen LogP contribution in [0.2, 0.25) is 0 Å². The van der Waals surface area contributed by atoms with E-state index in [1.807, 2.05) is 6.08 Å². The third kappa shape index (κ3) is 48.6. The predicted octanol–water partition coefficient (Wildman–Crippen LogP) is 17.9. The molecule has 1 rings (SSSR count). The Morgan fingerprint density at radius 3 is 1.19 bits per heavy atom. The topological polar surface area (TPSA) is 149 Å².